The lowest BCUT2D eigenvalue weighted by Crippen LogP contribution is -2.08. The van der Waals surface area contributed by atoms with E-state index in [9.17, 15) is 0 Å². The summed E-state index contributed by atoms with van der Waals surface area (Å²) in [5, 5.41) is 4.32. The first-order valence-corrected chi connectivity index (χ1v) is 4.73. The van der Waals surface area contributed by atoms with Crippen LogP contribution >= 0.6 is 0 Å². The molecule has 0 unspecified atom stereocenters. The predicted molar refractivity (Wildman–Crippen MR) is 53.9 cm³/mol. The van der Waals surface area contributed by atoms with Crippen molar-refractivity contribution >= 4 is 0 Å². The maximum atomic E-state index is 4.32. The van der Waals surface area contributed by atoms with E-state index in [0.717, 1.165) is 24.6 Å². The summed E-state index contributed by atoms with van der Waals surface area (Å²) >= 11 is 0. The fourth-order valence-corrected chi connectivity index (χ4v) is 1.44. The highest BCUT2D eigenvalue weighted by Gasteiger charge is 1.97. The first-order chi connectivity index (χ1) is 6.75. The molecule has 0 aromatic carbocycles. The van der Waals surface area contributed by atoms with Gasteiger partial charge in [0.15, 0.2) is 0 Å². The zero-order valence-electron chi connectivity index (χ0n) is 8.51. The smallest absolute Gasteiger partial charge is 0.105 e. The summed E-state index contributed by atoms with van der Waals surface area (Å²) in [5.41, 5.74) is 1.06. The lowest BCUT2D eigenvalue weighted by molar-refractivity contribution is 0.524. The Morgan fingerprint density at radius 3 is 2.64 bits per heavy atom. The maximum Gasteiger partial charge on any atom is 0.105 e. The Bertz CT molecular complexity index is 413. The van der Waals surface area contributed by atoms with Crippen molar-refractivity contribution in [2.75, 3.05) is 0 Å². The Kier molecular flexibility index (Phi) is 2.35. The van der Waals surface area contributed by atoms with Crippen LogP contribution in [0, 0.1) is 13.8 Å². The molecule has 0 saturated carbocycles. The third-order valence-corrected chi connectivity index (χ3v) is 2.27. The highest BCUT2D eigenvalue weighted by molar-refractivity contribution is 4.95. The van der Waals surface area contributed by atoms with Crippen molar-refractivity contribution in [3.63, 3.8) is 0 Å². The molecule has 14 heavy (non-hydrogen) atoms. The normalized spacial score (nSPS) is 10.7. The van der Waals surface area contributed by atoms with Crippen LogP contribution in [0.5, 0.6) is 0 Å². The van der Waals surface area contributed by atoms with E-state index in [1.807, 2.05) is 43.2 Å². The van der Waals surface area contributed by atoms with E-state index >= 15 is 0 Å². The summed E-state index contributed by atoms with van der Waals surface area (Å²) in [7, 11) is 0. The molecular weight excluding hydrogens is 176 g/mol. The molecule has 0 aliphatic carbocycles. The molecule has 0 N–H and O–H groups in total. The molecule has 0 spiro atoms. The molecule has 2 rings (SSSR count). The van der Waals surface area contributed by atoms with Gasteiger partial charge < -0.3 is 4.57 Å². The number of rotatable bonds is 3. The topological polar surface area (TPSA) is 35.6 Å². The fraction of sp³-hybridized carbons (Fsp3) is 0.400. The molecule has 0 saturated heterocycles. The Morgan fingerprint density at radius 1 is 1.21 bits per heavy atom. The molecule has 4 heteroatoms. The van der Waals surface area contributed by atoms with Gasteiger partial charge in [-0.05, 0) is 19.9 Å². The van der Waals surface area contributed by atoms with Gasteiger partial charge in [-0.3, -0.25) is 4.68 Å². The van der Waals surface area contributed by atoms with E-state index in [1.165, 1.54) is 0 Å². The van der Waals surface area contributed by atoms with E-state index in [2.05, 4.69) is 14.6 Å². The van der Waals surface area contributed by atoms with E-state index < -0.39 is 0 Å². The molecule has 0 aliphatic heterocycles. The van der Waals surface area contributed by atoms with Crippen LogP contribution in [0.2, 0.25) is 0 Å². The van der Waals surface area contributed by atoms with Crippen LogP contribution in [0.25, 0.3) is 0 Å². The Morgan fingerprint density at radius 2 is 2.07 bits per heavy atom. The minimum Gasteiger partial charge on any atom is -0.333 e. The van der Waals surface area contributed by atoms with Gasteiger partial charge in [-0.1, -0.05) is 0 Å². The van der Waals surface area contributed by atoms with Crippen LogP contribution in [0.15, 0.2) is 24.7 Å². The van der Waals surface area contributed by atoms with Gasteiger partial charge in [0.1, 0.15) is 5.82 Å². The van der Waals surface area contributed by atoms with Crippen LogP contribution in [0.1, 0.15) is 11.5 Å². The van der Waals surface area contributed by atoms with Gasteiger partial charge in [0, 0.05) is 25.1 Å². The maximum absolute atomic E-state index is 4.32. The molecular formula is C10H14N4. The van der Waals surface area contributed by atoms with Crippen molar-refractivity contribution in [1.82, 2.24) is 19.3 Å². The molecule has 4 nitrogen and oxygen atoms in total. The molecule has 0 bridgehead atoms. The monoisotopic (exact) mass is 190 g/mol. The van der Waals surface area contributed by atoms with Crippen LogP contribution in [-0.2, 0) is 13.1 Å². The largest absolute Gasteiger partial charge is 0.333 e. The zero-order chi connectivity index (χ0) is 9.97. The summed E-state index contributed by atoms with van der Waals surface area (Å²) in [4.78, 5) is 4.17. The van der Waals surface area contributed by atoms with Gasteiger partial charge in [0.2, 0.25) is 0 Å². The molecule has 0 atom stereocenters. The van der Waals surface area contributed by atoms with Gasteiger partial charge in [-0.15, -0.1) is 0 Å². The molecule has 74 valence electrons. The van der Waals surface area contributed by atoms with Gasteiger partial charge in [-0.25, -0.2) is 4.98 Å². The van der Waals surface area contributed by atoms with Gasteiger partial charge in [-0.2, -0.15) is 5.10 Å². The van der Waals surface area contributed by atoms with Crippen LogP contribution in [0.4, 0.5) is 0 Å². The zero-order valence-corrected chi connectivity index (χ0v) is 8.51. The summed E-state index contributed by atoms with van der Waals surface area (Å²) in [6, 6.07) is 2.01. The average molecular weight is 190 g/mol. The molecule has 0 radical (unpaired) electrons. The molecule has 2 aromatic rings. The molecule has 2 heterocycles. The first-order valence-electron chi connectivity index (χ1n) is 4.73. The molecule has 2 aromatic heterocycles. The standard InChI is InChI=1S/C10H14N4/c1-9-3-5-14(12-9)8-7-13-6-4-11-10(13)2/h3-6H,7-8H2,1-2H3. The lowest BCUT2D eigenvalue weighted by Gasteiger charge is -2.04. The Hall–Kier alpha value is -1.58. The van der Waals surface area contributed by atoms with Crippen molar-refractivity contribution in [2.24, 2.45) is 0 Å². The van der Waals surface area contributed by atoms with E-state index in [0.29, 0.717) is 0 Å². The highest BCUT2D eigenvalue weighted by Crippen LogP contribution is 1.98. The second-order valence-corrected chi connectivity index (χ2v) is 3.39. The molecule has 0 fully saturated rings. The minimum atomic E-state index is 0.894. The third kappa shape index (κ3) is 1.84. The van der Waals surface area contributed by atoms with Gasteiger partial charge in [0.25, 0.3) is 0 Å². The summed E-state index contributed by atoms with van der Waals surface area (Å²) in [5.74, 6) is 1.05. The van der Waals surface area contributed by atoms with Crippen molar-refractivity contribution < 1.29 is 0 Å². The molecule has 0 amide bonds. The number of hydrogen-bond acceptors (Lipinski definition) is 2. The second kappa shape index (κ2) is 3.65. The summed E-state index contributed by atoms with van der Waals surface area (Å²) in [6.45, 7) is 5.82. The highest BCUT2D eigenvalue weighted by atomic mass is 15.3. The SMILES string of the molecule is Cc1ccn(CCn2ccnc2C)n1. The predicted octanol–water partition coefficient (Wildman–Crippen LogP) is 1.40. The van der Waals surface area contributed by atoms with E-state index in [4.69, 9.17) is 0 Å². The first kappa shape index (κ1) is 8.99. The van der Waals surface area contributed by atoms with E-state index in [1.54, 1.807) is 0 Å². The number of aromatic nitrogens is 4. The Balaban J connectivity index is 1.98. The third-order valence-electron chi connectivity index (χ3n) is 2.27. The number of imidazole rings is 1. The summed E-state index contributed by atoms with van der Waals surface area (Å²) < 4.78 is 4.08. The summed E-state index contributed by atoms with van der Waals surface area (Å²) in [6.07, 6.45) is 5.82. The number of hydrogen-bond donors (Lipinski definition) is 0. The second-order valence-electron chi connectivity index (χ2n) is 3.39. The fourth-order valence-electron chi connectivity index (χ4n) is 1.44. The van der Waals surface area contributed by atoms with Crippen molar-refractivity contribution in [1.29, 1.82) is 0 Å². The average Bonchev–Trinajstić information content (AvgIpc) is 2.72. The van der Waals surface area contributed by atoms with Crippen molar-refractivity contribution in [2.45, 2.75) is 26.9 Å². The number of nitrogens with zero attached hydrogens (tertiary/aromatic N) is 4. The van der Waals surface area contributed by atoms with Gasteiger partial charge >= 0.3 is 0 Å². The minimum absolute atomic E-state index is 0.894. The lowest BCUT2D eigenvalue weighted by atomic mass is 10.5. The van der Waals surface area contributed by atoms with E-state index in [-0.39, 0.29) is 0 Å². The van der Waals surface area contributed by atoms with Crippen LogP contribution < -0.4 is 0 Å². The quantitative estimate of drug-likeness (QED) is 0.733. The van der Waals surface area contributed by atoms with Crippen LogP contribution in [-0.4, -0.2) is 19.3 Å². The van der Waals surface area contributed by atoms with Crippen LogP contribution in [0.3, 0.4) is 0 Å². The Labute approximate surface area is 83.2 Å². The molecule has 0 aliphatic rings. The van der Waals surface area contributed by atoms with Crippen molar-refractivity contribution in [3.05, 3.63) is 36.2 Å². The number of aryl methyl sites for hydroxylation is 4. The van der Waals surface area contributed by atoms with Crippen molar-refractivity contribution in [3.8, 4) is 0 Å². The van der Waals surface area contributed by atoms with Gasteiger partial charge in [0.05, 0.1) is 12.2 Å².